The van der Waals surface area contributed by atoms with Crippen molar-refractivity contribution in [2.45, 2.75) is 63.7 Å². The third kappa shape index (κ3) is 4.17. The van der Waals surface area contributed by atoms with Crippen LogP contribution in [-0.2, 0) is 11.3 Å². The normalized spacial score (nSPS) is 32.9. The Morgan fingerprint density at radius 2 is 1.75 bits per heavy atom. The zero-order valence-corrected chi connectivity index (χ0v) is 16.6. The fourth-order valence-electron chi connectivity index (χ4n) is 5.41. The lowest BCUT2D eigenvalue weighted by Gasteiger charge is -2.41. The molecule has 6 nitrogen and oxygen atoms in total. The highest BCUT2D eigenvalue weighted by atomic mass is 16.4. The highest BCUT2D eigenvalue weighted by Crippen LogP contribution is 2.37. The predicted octanol–water partition coefficient (Wildman–Crippen LogP) is 2.93. The van der Waals surface area contributed by atoms with Crippen molar-refractivity contribution in [1.82, 2.24) is 15.1 Å². The molecule has 0 saturated carbocycles. The van der Waals surface area contributed by atoms with E-state index in [4.69, 9.17) is 0 Å². The molecule has 3 aliphatic rings. The van der Waals surface area contributed by atoms with E-state index >= 15 is 0 Å². The predicted molar refractivity (Wildman–Crippen MR) is 107 cm³/mol. The van der Waals surface area contributed by atoms with E-state index < -0.39 is 11.9 Å². The molecule has 2 amide bonds. The van der Waals surface area contributed by atoms with Crippen LogP contribution in [0.4, 0.5) is 4.79 Å². The molecule has 0 aromatic heterocycles. The van der Waals surface area contributed by atoms with Gasteiger partial charge in [-0.1, -0.05) is 37.3 Å². The molecule has 3 heterocycles. The number of carboxylic acid groups (broad SMARTS) is 1. The molecule has 1 aromatic carbocycles. The van der Waals surface area contributed by atoms with Crippen molar-refractivity contribution < 1.29 is 14.7 Å². The van der Waals surface area contributed by atoms with Gasteiger partial charge in [0.2, 0.25) is 0 Å². The number of benzene rings is 1. The molecule has 0 aliphatic carbocycles. The maximum Gasteiger partial charge on any atom is 0.317 e. The van der Waals surface area contributed by atoms with Crippen LogP contribution in [-0.4, -0.2) is 58.1 Å². The van der Waals surface area contributed by atoms with Gasteiger partial charge in [-0.3, -0.25) is 9.69 Å². The molecule has 3 saturated heterocycles. The van der Waals surface area contributed by atoms with E-state index in [9.17, 15) is 14.7 Å². The number of likely N-dealkylation sites (tertiary alicyclic amines) is 1. The van der Waals surface area contributed by atoms with Gasteiger partial charge in [0, 0.05) is 37.8 Å². The maximum absolute atomic E-state index is 12.8. The maximum atomic E-state index is 12.8. The first-order chi connectivity index (χ1) is 13.5. The lowest BCUT2D eigenvalue weighted by Crippen LogP contribution is -2.55. The van der Waals surface area contributed by atoms with E-state index in [2.05, 4.69) is 40.5 Å². The zero-order valence-electron chi connectivity index (χ0n) is 16.6. The van der Waals surface area contributed by atoms with Gasteiger partial charge >= 0.3 is 12.0 Å². The summed E-state index contributed by atoms with van der Waals surface area (Å²) in [7, 11) is 0. The van der Waals surface area contributed by atoms with E-state index in [0.717, 1.165) is 19.4 Å². The number of piperidine rings is 2. The number of rotatable bonds is 4. The van der Waals surface area contributed by atoms with Gasteiger partial charge in [0.15, 0.2) is 0 Å². The van der Waals surface area contributed by atoms with Gasteiger partial charge in [0.25, 0.3) is 0 Å². The Morgan fingerprint density at radius 1 is 1.07 bits per heavy atom. The molecule has 6 heteroatoms. The number of nitrogens with zero attached hydrogens (tertiary/aromatic N) is 2. The summed E-state index contributed by atoms with van der Waals surface area (Å²) in [6.45, 7) is 3.99. The van der Waals surface area contributed by atoms with E-state index in [-0.39, 0.29) is 18.0 Å². The number of fused-ring (bicyclic) bond motifs is 2. The molecule has 2 N–H and O–H groups in total. The molecule has 3 aliphatic heterocycles. The Morgan fingerprint density at radius 3 is 2.39 bits per heavy atom. The highest BCUT2D eigenvalue weighted by molar-refractivity contribution is 5.77. The molecule has 4 atom stereocenters. The van der Waals surface area contributed by atoms with E-state index in [0.29, 0.717) is 31.6 Å². The number of hydrogen-bond donors (Lipinski definition) is 2. The average molecular weight is 386 g/mol. The van der Waals surface area contributed by atoms with E-state index in [1.54, 1.807) is 4.90 Å². The summed E-state index contributed by atoms with van der Waals surface area (Å²) < 4.78 is 0. The van der Waals surface area contributed by atoms with Crippen LogP contribution in [0.3, 0.4) is 0 Å². The lowest BCUT2D eigenvalue weighted by molar-refractivity contribution is -0.143. The van der Waals surface area contributed by atoms with Crippen molar-refractivity contribution in [3.63, 3.8) is 0 Å². The van der Waals surface area contributed by atoms with Gasteiger partial charge in [0.1, 0.15) is 0 Å². The molecular weight excluding hydrogens is 354 g/mol. The van der Waals surface area contributed by atoms with Crippen molar-refractivity contribution in [1.29, 1.82) is 0 Å². The van der Waals surface area contributed by atoms with Crippen LogP contribution in [0.1, 0.15) is 44.6 Å². The highest BCUT2D eigenvalue weighted by Gasteiger charge is 2.41. The number of amides is 2. The molecule has 4 rings (SSSR count). The number of aliphatic carboxylic acids is 1. The van der Waals surface area contributed by atoms with Crippen molar-refractivity contribution in [2.24, 2.45) is 11.8 Å². The zero-order chi connectivity index (χ0) is 19.7. The number of urea groups is 1. The minimum absolute atomic E-state index is 0.0845. The largest absolute Gasteiger partial charge is 0.481 e. The van der Waals surface area contributed by atoms with Gasteiger partial charge in [-0.15, -0.1) is 0 Å². The van der Waals surface area contributed by atoms with Gasteiger partial charge in [-0.05, 0) is 43.6 Å². The van der Waals surface area contributed by atoms with E-state index in [1.807, 2.05) is 6.92 Å². The number of hydrogen-bond acceptors (Lipinski definition) is 3. The molecule has 0 spiro atoms. The standard InChI is InChI=1S/C22H31N3O3/c1-15-9-17(21(26)27)14-24(12-15)22(28)23-18-10-19-7-8-20(11-18)25(19)13-16-5-3-2-4-6-16/h2-6,15,17-20H,7-14H2,1H3,(H,23,28)(H,26,27). The average Bonchev–Trinajstić information content (AvgIpc) is 2.90. The van der Waals surface area contributed by atoms with Crippen LogP contribution < -0.4 is 5.32 Å². The third-order valence-corrected chi connectivity index (χ3v) is 6.72. The molecule has 2 bridgehead atoms. The van der Waals surface area contributed by atoms with Gasteiger partial charge in [-0.25, -0.2) is 4.79 Å². The first-order valence-corrected chi connectivity index (χ1v) is 10.6. The Labute approximate surface area is 166 Å². The van der Waals surface area contributed by atoms with Crippen molar-refractivity contribution in [3.05, 3.63) is 35.9 Å². The van der Waals surface area contributed by atoms with Crippen LogP contribution in [0.25, 0.3) is 0 Å². The Kier molecular flexibility index (Phi) is 5.58. The Balaban J connectivity index is 1.33. The number of carboxylic acids is 1. The third-order valence-electron chi connectivity index (χ3n) is 6.72. The van der Waals surface area contributed by atoms with Crippen molar-refractivity contribution >= 4 is 12.0 Å². The Bertz CT molecular complexity index is 696. The molecule has 0 radical (unpaired) electrons. The molecule has 28 heavy (non-hydrogen) atoms. The van der Waals surface area contributed by atoms with Crippen LogP contribution >= 0.6 is 0 Å². The SMILES string of the molecule is CC1CC(C(=O)O)CN(C(=O)NC2CC3CCC(C2)N3Cc2ccccc2)C1. The van der Waals surface area contributed by atoms with E-state index in [1.165, 1.54) is 18.4 Å². The minimum atomic E-state index is -0.795. The van der Waals surface area contributed by atoms with Crippen molar-refractivity contribution in [2.75, 3.05) is 13.1 Å². The first-order valence-electron chi connectivity index (χ1n) is 10.6. The topological polar surface area (TPSA) is 72.9 Å². The Hall–Kier alpha value is -2.08. The summed E-state index contributed by atoms with van der Waals surface area (Å²) in [4.78, 5) is 28.5. The summed E-state index contributed by atoms with van der Waals surface area (Å²) in [5, 5.41) is 12.6. The number of carbonyl (C=O) groups is 2. The summed E-state index contributed by atoms with van der Waals surface area (Å²) in [5.74, 6) is -1.01. The van der Waals surface area contributed by atoms with Crippen LogP contribution in [0.2, 0.25) is 0 Å². The van der Waals surface area contributed by atoms with Gasteiger partial charge < -0.3 is 15.3 Å². The monoisotopic (exact) mass is 385 g/mol. The first kappa shape index (κ1) is 19.2. The number of nitrogens with one attached hydrogen (secondary N) is 1. The van der Waals surface area contributed by atoms with Gasteiger partial charge in [-0.2, -0.15) is 0 Å². The molecule has 152 valence electrons. The summed E-state index contributed by atoms with van der Waals surface area (Å²) in [6, 6.07) is 11.8. The second kappa shape index (κ2) is 8.11. The second-order valence-corrected chi connectivity index (χ2v) is 8.94. The summed E-state index contributed by atoms with van der Waals surface area (Å²) in [5.41, 5.74) is 1.35. The second-order valence-electron chi connectivity index (χ2n) is 8.94. The van der Waals surface area contributed by atoms with Crippen LogP contribution in [0.5, 0.6) is 0 Å². The fraction of sp³-hybridized carbons (Fsp3) is 0.636. The molecule has 4 unspecified atom stereocenters. The molecular formula is C22H31N3O3. The summed E-state index contributed by atoms with van der Waals surface area (Å²) >= 11 is 0. The quantitative estimate of drug-likeness (QED) is 0.836. The molecule has 3 fully saturated rings. The van der Waals surface area contributed by atoms with Crippen molar-refractivity contribution in [3.8, 4) is 0 Å². The van der Waals surface area contributed by atoms with Gasteiger partial charge in [0.05, 0.1) is 5.92 Å². The van der Waals surface area contributed by atoms with Crippen LogP contribution in [0.15, 0.2) is 30.3 Å². The summed E-state index contributed by atoms with van der Waals surface area (Å²) in [6.07, 6.45) is 5.03. The lowest BCUT2D eigenvalue weighted by atomic mass is 9.90. The fourth-order valence-corrected chi connectivity index (χ4v) is 5.41. The smallest absolute Gasteiger partial charge is 0.317 e. The number of carbonyl (C=O) groups excluding carboxylic acids is 1. The minimum Gasteiger partial charge on any atom is -0.481 e. The molecule has 1 aromatic rings. The van der Waals surface area contributed by atoms with Crippen LogP contribution in [0, 0.1) is 11.8 Å².